The molecule has 1 aliphatic heterocycles. The maximum atomic E-state index is 11.6. The number of hydrogen-bond donors (Lipinski definition) is 2. The monoisotopic (exact) mass is 323 g/mol. The third-order valence-corrected chi connectivity index (χ3v) is 5.01. The molecule has 1 saturated heterocycles. The lowest BCUT2D eigenvalue weighted by Crippen LogP contribution is -2.46. The molecule has 2 aromatic rings. The molecule has 1 aromatic carbocycles. The van der Waals surface area contributed by atoms with E-state index in [2.05, 4.69) is 11.8 Å². The Morgan fingerprint density at radius 3 is 2.75 bits per heavy atom. The molecule has 6 nitrogen and oxygen atoms in total. The summed E-state index contributed by atoms with van der Waals surface area (Å²) >= 11 is 0. The van der Waals surface area contributed by atoms with Gasteiger partial charge in [-0.1, -0.05) is 0 Å². The fourth-order valence-electron chi connectivity index (χ4n) is 3.53. The van der Waals surface area contributed by atoms with Crippen molar-refractivity contribution in [1.29, 1.82) is 0 Å². The van der Waals surface area contributed by atoms with Crippen LogP contribution in [0.4, 0.5) is 11.6 Å². The number of aryl methyl sites for hydroxylation is 1. The predicted octanol–water partition coefficient (Wildman–Crippen LogP) is 1.91. The van der Waals surface area contributed by atoms with E-state index in [9.17, 15) is 4.79 Å². The Kier molecular flexibility index (Phi) is 3.40. The molecular formula is C18H21N5O. The van der Waals surface area contributed by atoms with Gasteiger partial charge in [-0.05, 0) is 50.8 Å². The molecule has 24 heavy (non-hydrogen) atoms. The number of benzene rings is 1. The molecule has 1 fully saturated rings. The number of anilines is 2. The van der Waals surface area contributed by atoms with Gasteiger partial charge in [-0.15, -0.1) is 0 Å². The average molecular weight is 323 g/mol. The molecule has 2 aliphatic rings. The summed E-state index contributed by atoms with van der Waals surface area (Å²) in [5.74, 6) is 0.304. The van der Waals surface area contributed by atoms with Gasteiger partial charge in [0.2, 0.25) is 11.9 Å². The molecular weight excluding hydrogens is 302 g/mol. The smallest absolute Gasteiger partial charge is 0.248 e. The Balaban J connectivity index is 1.87. The Bertz CT molecular complexity index is 832. The van der Waals surface area contributed by atoms with Gasteiger partial charge in [0.25, 0.3) is 0 Å². The van der Waals surface area contributed by atoms with E-state index in [1.807, 2.05) is 6.07 Å². The molecule has 0 radical (unpaired) electrons. The zero-order valence-electron chi connectivity index (χ0n) is 13.7. The number of carbonyl (C=O) groups is 1. The molecule has 0 bridgehead atoms. The van der Waals surface area contributed by atoms with Crippen molar-refractivity contribution < 1.29 is 4.79 Å². The summed E-state index contributed by atoms with van der Waals surface area (Å²) in [5, 5.41) is 0. The molecule has 0 spiro atoms. The van der Waals surface area contributed by atoms with Crippen molar-refractivity contribution in [2.75, 3.05) is 17.2 Å². The first-order valence-electron chi connectivity index (χ1n) is 8.40. The van der Waals surface area contributed by atoms with Crippen molar-refractivity contribution >= 4 is 17.5 Å². The van der Waals surface area contributed by atoms with E-state index in [0.717, 1.165) is 48.7 Å². The summed E-state index contributed by atoms with van der Waals surface area (Å²) in [6.45, 7) is 3.17. The van der Waals surface area contributed by atoms with Crippen LogP contribution in [-0.4, -0.2) is 28.5 Å². The van der Waals surface area contributed by atoms with E-state index >= 15 is 0 Å². The normalized spacial score (nSPS) is 19.0. The second kappa shape index (κ2) is 5.47. The third kappa shape index (κ3) is 2.38. The topological polar surface area (TPSA) is 98.1 Å². The zero-order valence-corrected chi connectivity index (χ0v) is 13.7. The van der Waals surface area contributed by atoms with Gasteiger partial charge < -0.3 is 16.4 Å². The number of hydrogen-bond acceptors (Lipinski definition) is 5. The van der Waals surface area contributed by atoms with Crippen molar-refractivity contribution in [2.24, 2.45) is 5.73 Å². The molecule has 4 rings (SSSR count). The highest BCUT2D eigenvalue weighted by Crippen LogP contribution is 2.34. The molecule has 2 heterocycles. The minimum Gasteiger partial charge on any atom is -0.399 e. The average Bonchev–Trinajstić information content (AvgIpc) is 3.00. The molecule has 124 valence electrons. The maximum absolute atomic E-state index is 11.6. The van der Waals surface area contributed by atoms with Gasteiger partial charge >= 0.3 is 0 Å². The maximum Gasteiger partial charge on any atom is 0.248 e. The van der Waals surface area contributed by atoms with Gasteiger partial charge in [-0.2, -0.15) is 0 Å². The van der Waals surface area contributed by atoms with E-state index in [1.54, 1.807) is 12.1 Å². The van der Waals surface area contributed by atoms with Gasteiger partial charge in [0, 0.05) is 40.7 Å². The van der Waals surface area contributed by atoms with Crippen LogP contribution >= 0.6 is 0 Å². The Hall–Kier alpha value is -2.63. The van der Waals surface area contributed by atoms with Crippen LogP contribution in [0, 0.1) is 0 Å². The molecule has 1 aromatic heterocycles. The van der Waals surface area contributed by atoms with Crippen LogP contribution in [0.5, 0.6) is 0 Å². The lowest BCUT2D eigenvalue weighted by molar-refractivity contribution is 0.100. The minimum atomic E-state index is -0.481. The van der Waals surface area contributed by atoms with Crippen LogP contribution in [0.25, 0.3) is 11.3 Å². The summed E-state index contributed by atoms with van der Waals surface area (Å²) < 4.78 is 0. The van der Waals surface area contributed by atoms with Crippen LogP contribution in [0.2, 0.25) is 0 Å². The van der Waals surface area contributed by atoms with Crippen LogP contribution in [0.3, 0.4) is 0 Å². The Morgan fingerprint density at radius 2 is 2.08 bits per heavy atom. The van der Waals surface area contributed by atoms with Crippen molar-refractivity contribution in [1.82, 2.24) is 9.97 Å². The van der Waals surface area contributed by atoms with Gasteiger partial charge in [0.05, 0.1) is 5.69 Å². The molecule has 0 saturated carbocycles. The fraction of sp³-hybridized carbons (Fsp3) is 0.389. The quantitative estimate of drug-likeness (QED) is 0.841. The Labute approximate surface area is 140 Å². The highest BCUT2D eigenvalue weighted by molar-refractivity contribution is 5.95. The first-order chi connectivity index (χ1) is 11.5. The summed E-state index contributed by atoms with van der Waals surface area (Å²) in [5.41, 5.74) is 16.4. The highest BCUT2D eigenvalue weighted by atomic mass is 16.1. The lowest BCUT2D eigenvalue weighted by Gasteiger charge is -2.39. The number of fused-ring (bicyclic) bond motifs is 1. The van der Waals surface area contributed by atoms with Crippen LogP contribution < -0.4 is 16.4 Å². The SMILES string of the molecule is CC1CCN1c1nc2c(c(-c3cc(N)cc(C(N)=O)c3)n1)CCC2. The lowest BCUT2D eigenvalue weighted by atomic mass is 10.0. The van der Waals surface area contributed by atoms with Crippen molar-refractivity contribution in [3.8, 4) is 11.3 Å². The largest absolute Gasteiger partial charge is 0.399 e. The number of aromatic nitrogens is 2. The molecule has 1 unspecified atom stereocenters. The van der Waals surface area contributed by atoms with Gasteiger partial charge in [-0.3, -0.25) is 4.79 Å². The summed E-state index contributed by atoms with van der Waals surface area (Å²) in [4.78, 5) is 23.4. The zero-order chi connectivity index (χ0) is 16.8. The Morgan fingerprint density at radius 1 is 1.25 bits per heavy atom. The van der Waals surface area contributed by atoms with Crippen LogP contribution in [0.1, 0.15) is 41.4 Å². The van der Waals surface area contributed by atoms with Gasteiger partial charge in [0.1, 0.15) is 0 Å². The fourth-order valence-corrected chi connectivity index (χ4v) is 3.53. The van der Waals surface area contributed by atoms with Crippen molar-refractivity contribution in [3.05, 3.63) is 35.0 Å². The number of rotatable bonds is 3. The molecule has 1 amide bonds. The highest BCUT2D eigenvalue weighted by Gasteiger charge is 2.29. The van der Waals surface area contributed by atoms with Gasteiger partial charge in [-0.25, -0.2) is 9.97 Å². The van der Waals surface area contributed by atoms with E-state index in [-0.39, 0.29) is 0 Å². The first kappa shape index (κ1) is 14.9. The molecule has 4 N–H and O–H groups in total. The standard InChI is InChI=1S/C18H21N5O/c1-10-5-6-23(10)18-21-15-4-2-3-14(15)16(22-18)11-7-12(17(20)24)9-13(19)8-11/h7-10H,2-6,19H2,1H3,(H2,20,24). The molecule has 6 heteroatoms. The number of nitrogens with zero attached hydrogens (tertiary/aromatic N) is 3. The number of amides is 1. The van der Waals surface area contributed by atoms with E-state index < -0.39 is 5.91 Å². The second-order valence-electron chi connectivity index (χ2n) is 6.69. The van der Waals surface area contributed by atoms with E-state index in [0.29, 0.717) is 17.3 Å². The predicted molar refractivity (Wildman–Crippen MR) is 93.8 cm³/mol. The van der Waals surface area contributed by atoms with Crippen LogP contribution in [0.15, 0.2) is 18.2 Å². The molecule has 1 atom stereocenters. The summed E-state index contributed by atoms with van der Waals surface area (Å²) in [6, 6.07) is 5.71. The number of nitrogens with two attached hydrogens (primary N) is 2. The summed E-state index contributed by atoms with van der Waals surface area (Å²) in [6.07, 6.45) is 4.19. The number of primary amides is 1. The van der Waals surface area contributed by atoms with Gasteiger partial charge in [0.15, 0.2) is 0 Å². The van der Waals surface area contributed by atoms with Crippen molar-refractivity contribution in [3.63, 3.8) is 0 Å². The number of nitrogen functional groups attached to an aromatic ring is 1. The number of carbonyl (C=O) groups excluding carboxylic acids is 1. The van der Waals surface area contributed by atoms with E-state index in [1.165, 1.54) is 12.0 Å². The third-order valence-electron chi connectivity index (χ3n) is 5.01. The first-order valence-corrected chi connectivity index (χ1v) is 8.40. The van der Waals surface area contributed by atoms with E-state index in [4.69, 9.17) is 21.4 Å². The molecule has 1 aliphatic carbocycles. The van der Waals surface area contributed by atoms with Crippen LogP contribution in [-0.2, 0) is 12.8 Å². The summed E-state index contributed by atoms with van der Waals surface area (Å²) in [7, 11) is 0. The second-order valence-corrected chi connectivity index (χ2v) is 6.69. The minimum absolute atomic E-state index is 0.411. The van der Waals surface area contributed by atoms with Crippen molar-refractivity contribution in [2.45, 2.75) is 38.6 Å².